The summed E-state index contributed by atoms with van der Waals surface area (Å²) < 4.78 is 9.20. The predicted molar refractivity (Wildman–Crippen MR) is 165 cm³/mol. The van der Waals surface area contributed by atoms with E-state index in [2.05, 4.69) is 98.8 Å². The molecule has 41 heavy (non-hydrogen) atoms. The van der Waals surface area contributed by atoms with Crippen LogP contribution in [-0.4, -0.2) is 9.97 Å². The normalized spacial score (nSPS) is 10.9. The Morgan fingerprint density at radius 2 is 1.73 bits per heavy atom. The molecule has 4 nitrogen and oxygen atoms in total. The average molecular weight is 732 g/mol. The van der Waals surface area contributed by atoms with Crippen molar-refractivity contribution in [3.8, 4) is 22.5 Å². The number of aryl methyl sites for hydroxylation is 4. The molecule has 0 amide bonds. The number of rotatable bonds is 2. The van der Waals surface area contributed by atoms with Crippen molar-refractivity contribution in [3.63, 3.8) is 0 Å². The number of aromatic nitrogens is 3. The van der Waals surface area contributed by atoms with Crippen LogP contribution in [0.4, 0.5) is 0 Å². The molecule has 2 aromatic carbocycles. The summed E-state index contributed by atoms with van der Waals surface area (Å²) in [7, 11) is 4.05. The number of fused-ring (bicyclic) bond motifs is 4. The smallest absolute Gasteiger partial charge is 0.486 e. The Hall–Kier alpha value is -3.96. The SMILES string of the molecule is Cc1ccc2c(n1)oc1c(-c3nccc4sccc34)[c-]ccc12.[CH2-]c1cc(C)ccc1-c1cc(C)c(C)c[n+]1[CH2-].[Ir+3]. The zero-order valence-corrected chi connectivity index (χ0v) is 26.6. The molecule has 0 unspecified atom stereocenters. The van der Waals surface area contributed by atoms with Gasteiger partial charge in [-0.2, -0.15) is 18.6 Å². The summed E-state index contributed by atoms with van der Waals surface area (Å²) >= 11 is 1.71. The van der Waals surface area contributed by atoms with Crippen molar-refractivity contribution in [2.75, 3.05) is 0 Å². The van der Waals surface area contributed by atoms with Crippen LogP contribution in [0.15, 0.2) is 82.9 Å². The number of hydrogen-bond donors (Lipinski definition) is 0. The molecule has 0 spiro atoms. The molecule has 7 rings (SSSR count). The molecule has 0 fully saturated rings. The van der Waals surface area contributed by atoms with Gasteiger partial charge in [-0.05, 0) is 55.3 Å². The number of nitrogens with zero attached hydrogens (tertiary/aromatic N) is 3. The molecule has 0 radical (unpaired) electrons. The Morgan fingerprint density at radius 1 is 0.902 bits per heavy atom. The van der Waals surface area contributed by atoms with E-state index in [0.29, 0.717) is 5.71 Å². The van der Waals surface area contributed by atoms with Gasteiger partial charge in [-0.1, -0.05) is 41.6 Å². The van der Waals surface area contributed by atoms with Crippen molar-refractivity contribution in [1.82, 2.24) is 9.97 Å². The minimum Gasteiger partial charge on any atom is -0.486 e. The third-order valence-corrected chi connectivity index (χ3v) is 8.11. The molecule has 0 saturated carbocycles. The molecule has 0 aliphatic heterocycles. The molecule has 0 saturated heterocycles. The minimum atomic E-state index is 0. The third kappa shape index (κ3) is 5.39. The van der Waals surface area contributed by atoms with Crippen molar-refractivity contribution in [3.05, 3.63) is 126 Å². The second-order valence-corrected chi connectivity index (χ2v) is 11.1. The fraction of sp³-hybridized carbons (Fsp3) is 0.114. The Kier molecular flexibility index (Phi) is 8.01. The first-order valence-corrected chi connectivity index (χ1v) is 14.0. The van der Waals surface area contributed by atoms with Crippen LogP contribution in [0.1, 0.15) is 27.9 Å². The van der Waals surface area contributed by atoms with Crippen LogP contribution < -0.4 is 4.57 Å². The Bertz CT molecular complexity index is 2040. The van der Waals surface area contributed by atoms with Crippen molar-refractivity contribution >= 4 is 43.5 Å². The van der Waals surface area contributed by atoms with Crippen LogP contribution >= 0.6 is 11.3 Å². The molecule has 0 aliphatic carbocycles. The van der Waals surface area contributed by atoms with Crippen LogP contribution in [0.2, 0.25) is 0 Å². The number of pyridine rings is 3. The molecule has 204 valence electrons. The zero-order valence-electron chi connectivity index (χ0n) is 23.4. The zero-order chi connectivity index (χ0) is 28.0. The quantitative estimate of drug-likeness (QED) is 0.132. The van der Waals surface area contributed by atoms with E-state index in [4.69, 9.17) is 4.42 Å². The molecule has 5 aromatic heterocycles. The van der Waals surface area contributed by atoms with E-state index < -0.39 is 0 Å². The minimum absolute atomic E-state index is 0. The summed E-state index contributed by atoms with van der Waals surface area (Å²) in [6.45, 7) is 12.4. The molecule has 0 aliphatic rings. The van der Waals surface area contributed by atoms with Gasteiger partial charge < -0.3 is 14.0 Å². The first-order valence-electron chi connectivity index (χ1n) is 13.1. The Balaban J connectivity index is 0.000000169. The third-order valence-electron chi connectivity index (χ3n) is 7.23. The number of benzene rings is 2. The molecule has 0 N–H and O–H groups in total. The van der Waals surface area contributed by atoms with E-state index in [1.807, 2.05) is 42.0 Å². The van der Waals surface area contributed by atoms with Crippen LogP contribution in [-0.2, 0) is 20.1 Å². The monoisotopic (exact) mass is 732 g/mol. The van der Waals surface area contributed by atoms with Gasteiger partial charge in [-0.25, -0.2) is 4.98 Å². The summed E-state index contributed by atoms with van der Waals surface area (Å²) in [5, 5.41) is 5.29. The van der Waals surface area contributed by atoms with Crippen LogP contribution in [0.5, 0.6) is 0 Å². The van der Waals surface area contributed by atoms with Crippen LogP contribution in [0.25, 0.3) is 54.7 Å². The van der Waals surface area contributed by atoms with Crippen molar-refractivity contribution < 1.29 is 29.1 Å². The molecule has 5 heterocycles. The topological polar surface area (TPSA) is 42.8 Å². The molecule has 6 heteroatoms. The van der Waals surface area contributed by atoms with Gasteiger partial charge in [0, 0.05) is 34.7 Å². The second kappa shape index (κ2) is 11.5. The van der Waals surface area contributed by atoms with Gasteiger partial charge in [0.05, 0.1) is 17.5 Å². The summed E-state index contributed by atoms with van der Waals surface area (Å²) in [5.41, 5.74) is 11.3. The summed E-state index contributed by atoms with van der Waals surface area (Å²) in [6, 6.07) is 24.0. The van der Waals surface area contributed by atoms with Crippen LogP contribution in [0, 0.1) is 47.7 Å². The summed E-state index contributed by atoms with van der Waals surface area (Å²) in [5.74, 6) is 0. The first-order chi connectivity index (χ1) is 19.3. The fourth-order valence-electron chi connectivity index (χ4n) is 5.00. The van der Waals surface area contributed by atoms with E-state index >= 15 is 0 Å². The summed E-state index contributed by atoms with van der Waals surface area (Å²) in [6.07, 6.45) is 3.90. The predicted octanol–water partition coefficient (Wildman–Crippen LogP) is 8.75. The Morgan fingerprint density at radius 3 is 2.54 bits per heavy atom. The van der Waals surface area contributed by atoms with Gasteiger partial charge in [-0.3, -0.25) is 0 Å². The van der Waals surface area contributed by atoms with Crippen molar-refractivity contribution in [1.29, 1.82) is 0 Å². The number of hydrogen-bond acceptors (Lipinski definition) is 4. The molecular weight excluding hydrogens is 703 g/mol. The average Bonchev–Trinajstić information content (AvgIpc) is 3.56. The molecule has 0 atom stereocenters. The first kappa shape index (κ1) is 28.6. The van der Waals surface area contributed by atoms with Gasteiger partial charge in [-0.15, -0.1) is 46.7 Å². The largest absolute Gasteiger partial charge is 3.00 e. The second-order valence-electron chi connectivity index (χ2n) is 10.1. The van der Waals surface area contributed by atoms with Gasteiger partial charge in [0.2, 0.25) is 5.71 Å². The maximum atomic E-state index is 6.07. The fourth-order valence-corrected chi connectivity index (χ4v) is 5.78. The van der Waals surface area contributed by atoms with Crippen molar-refractivity contribution in [2.24, 2.45) is 0 Å². The standard InChI is InChI=1S/C19H11N2OS.C16H18N.Ir/c1-11-5-6-13-12-3-2-4-15(18(12)22-19(13)21-11)17-14-8-10-23-16(14)7-9-20-17;1-11-6-7-15(13(3)8-11)16-9-12(2)14(4)10-17(16)5;/h2-3,5-10H,1H3;6-10H,3,5H2,1-2,4H3;/q2*-1;+3. The van der Waals surface area contributed by atoms with Gasteiger partial charge >= 0.3 is 20.1 Å². The van der Waals surface area contributed by atoms with E-state index in [0.717, 1.165) is 55.5 Å². The summed E-state index contributed by atoms with van der Waals surface area (Å²) in [4.78, 5) is 9.08. The van der Waals surface area contributed by atoms with E-state index in [1.54, 1.807) is 11.3 Å². The number of thiophene rings is 1. The molecule has 0 bridgehead atoms. The van der Waals surface area contributed by atoms with Crippen molar-refractivity contribution in [2.45, 2.75) is 27.7 Å². The Labute approximate surface area is 258 Å². The van der Waals surface area contributed by atoms with E-state index in [9.17, 15) is 0 Å². The van der Waals surface area contributed by atoms with Crippen LogP contribution in [0.3, 0.4) is 0 Å². The molecule has 7 aromatic rings. The van der Waals surface area contributed by atoms with Gasteiger partial charge in [0.15, 0.2) is 0 Å². The maximum Gasteiger partial charge on any atom is 3.00 e. The molecular formula is C35H29IrN3OS+. The number of furan rings is 1. The van der Waals surface area contributed by atoms with E-state index in [-0.39, 0.29) is 20.1 Å². The maximum absolute atomic E-state index is 6.07. The van der Waals surface area contributed by atoms with E-state index in [1.165, 1.54) is 21.4 Å². The van der Waals surface area contributed by atoms with Gasteiger partial charge in [0.1, 0.15) is 0 Å². The van der Waals surface area contributed by atoms with Gasteiger partial charge in [0.25, 0.3) is 0 Å².